The van der Waals surface area contributed by atoms with Crippen LogP contribution < -0.4 is 10.3 Å². The van der Waals surface area contributed by atoms with Crippen molar-refractivity contribution in [3.63, 3.8) is 0 Å². The second kappa shape index (κ2) is 7.42. The number of nitrogens with zero attached hydrogens (tertiary/aromatic N) is 2. The van der Waals surface area contributed by atoms with Crippen molar-refractivity contribution < 1.29 is 18.7 Å². The Hall–Kier alpha value is -1.86. The summed E-state index contributed by atoms with van der Waals surface area (Å²) in [5, 5.41) is 3.89. The first-order valence-corrected chi connectivity index (χ1v) is 7.51. The summed E-state index contributed by atoms with van der Waals surface area (Å²) in [5.41, 5.74) is 2.45. The third kappa shape index (κ3) is 4.32. The van der Waals surface area contributed by atoms with Crippen LogP contribution in [0.15, 0.2) is 21.7 Å². The molecule has 1 fully saturated rings. The van der Waals surface area contributed by atoms with Crippen LogP contribution in [0.4, 0.5) is 5.88 Å². The number of nitrogens with one attached hydrogen (secondary N) is 1. The highest BCUT2D eigenvalue weighted by Gasteiger charge is 2.33. The molecule has 0 unspecified atom stereocenters. The van der Waals surface area contributed by atoms with E-state index in [1.54, 1.807) is 6.92 Å². The maximum atomic E-state index is 11.8. The lowest BCUT2D eigenvalue weighted by Crippen LogP contribution is -2.33. The molecule has 2 rings (SSSR count). The molecular weight excluding hydrogens is 286 g/mol. The number of hydrogen-bond donors (Lipinski definition) is 1. The molecule has 0 saturated carbocycles. The minimum Gasteiger partial charge on any atom is -0.440 e. The quantitative estimate of drug-likeness (QED) is 0.613. The number of carbonyl (C=O) groups is 1. The van der Waals surface area contributed by atoms with Crippen molar-refractivity contribution in [3.05, 3.63) is 17.9 Å². The standard InChI is InChI=1S/C15H23N3O4/c1-4-18(5-2)14-7-6-12(22-14)11-16-17-13(19)10-15(3)20-8-9-21-15/h6-7,11H,4-5,8-10H2,1-3H3,(H,17,19). The number of furan rings is 1. The summed E-state index contributed by atoms with van der Waals surface area (Å²) < 4.78 is 16.4. The minimum atomic E-state index is -0.847. The number of carbonyl (C=O) groups excluding carboxylic acids is 1. The van der Waals surface area contributed by atoms with E-state index in [4.69, 9.17) is 13.9 Å². The van der Waals surface area contributed by atoms with Crippen molar-refractivity contribution in [2.75, 3.05) is 31.2 Å². The molecule has 0 aliphatic carbocycles. The van der Waals surface area contributed by atoms with Crippen molar-refractivity contribution in [3.8, 4) is 0 Å². The fourth-order valence-electron chi connectivity index (χ4n) is 2.27. The largest absolute Gasteiger partial charge is 0.440 e. The van der Waals surface area contributed by atoms with Gasteiger partial charge in [0, 0.05) is 19.2 Å². The van der Waals surface area contributed by atoms with Crippen LogP contribution in [-0.4, -0.2) is 44.2 Å². The molecular formula is C15H23N3O4. The summed E-state index contributed by atoms with van der Waals surface area (Å²) in [6.07, 6.45) is 1.58. The lowest BCUT2D eigenvalue weighted by Gasteiger charge is -2.20. The van der Waals surface area contributed by atoms with Gasteiger partial charge in [0.15, 0.2) is 11.7 Å². The first-order chi connectivity index (χ1) is 10.6. The molecule has 1 aliphatic rings. The maximum Gasteiger partial charge on any atom is 0.245 e. The SMILES string of the molecule is CCN(CC)c1ccc(C=NNC(=O)CC2(C)OCCO2)o1. The summed E-state index contributed by atoms with van der Waals surface area (Å²) in [6, 6.07) is 3.70. The summed E-state index contributed by atoms with van der Waals surface area (Å²) >= 11 is 0. The molecule has 1 amide bonds. The molecule has 1 aromatic rings. The van der Waals surface area contributed by atoms with Crippen molar-refractivity contribution >= 4 is 18.0 Å². The fourth-order valence-corrected chi connectivity index (χ4v) is 2.27. The van der Waals surface area contributed by atoms with Gasteiger partial charge in [-0.1, -0.05) is 0 Å². The Labute approximate surface area is 130 Å². The van der Waals surface area contributed by atoms with Gasteiger partial charge in [0.25, 0.3) is 0 Å². The Morgan fingerprint density at radius 3 is 2.68 bits per heavy atom. The Morgan fingerprint density at radius 2 is 2.05 bits per heavy atom. The molecule has 0 atom stereocenters. The molecule has 1 aliphatic heterocycles. The van der Waals surface area contributed by atoms with Crippen LogP contribution in [0.25, 0.3) is 0 Å². The molecule has 0 spiro atoms. The normalized spacial score (nSPS) is 17.0. The van der Waals surface area contributed by atoms with Gasteiger partial charge in [0.05, 0.1) is 25.8 Å². The van der Waals surface area contributed by atoms with Gasteiger partial charge in [-0.3, -0.25) is 4.79 Å². The zero-order valence-electron chi connectivity index (χ0n) is 13.3. The van der Waals surface area contributed by atoms with Gasteiger partial charge in [-0.2, -0.15) is 5.10 Å². The van der Waals surface area contributed by atoms with E-state index >= 15 is 0 Å². The van der Waals surface area contributed by atoms with Crippen LogP contribution in [0.3, 0.4) is 0 Å². The number of hydrazone groups is 1. The highest BCUT2D eigenvalue weighted by atomic mass is 16.7. The Morgan fingerprint density at radius 1 is 1.36 bits per heavy atom. The van der Waals surface area contributed by atoms with Gasteiger partial charge < -0.3 is 18.8 Å². The Bertz CT molecular complexity index is 517. The summed E-state index contributed by atoms with van der Waals surface area (Å²) in [7, 11) is 0. The second-order valence-electron chi connectivity index (χ2n) is 5.15. The van der Waals surface area contributed by atoms with Crippen molar-refractivity contribution in [2.45, 2.75) is 33.0 Å². The van der Waals surface area contributed by atoms with E-state index < -0.39 is 5.79 Å². The molecule has 0 aromatic carbocycles. The molecule has 2 heterocycles. The van der Waals surface area contributed by atoms with Crippen LogP contribution in [0.1, 0.15) is 33.0 Å². The van der Waals surface area contributed by atoms with E-state index in [0.717, 1.165) is 19.0 Å². The first kappa shape index (κ1) is 16.5. The van der Waals surface area contributed by atoms with Crippen LogP contribution in [-0.2, 0) is 14.3 Å². The third-order valence-corrected chi connectivity index (χ3v) is 3.45. The van der Waals surface area contributed by atoms with Crippen LogP contribution >= 0.6 is 0 Å². The lowest BCUT2D eigenvalue weighted by molar-refractivity contribution is -0.159. The average molecular weight is 309 g/mol. The van der Waals surface area contributed by atoms with Gasteiger partial charge in [-0.05, 0) is 26.8 Å². The predicted molar refractivity (Wildman–Crippen MR) is 82.9 cm³/mol. The average Bonchev–Trinajstić information content (AvgIpc) is 3.10. The molecule has 7 heteroatoms. The van der Waals surface area contributed by atoms with Gasteiger partial charge >= 0.3 is 0 Å². The summed E-state index contributed by atoms with van der Waals surface area (Å²) in [6.45, 7) is 8.63. The van der Waals surface area contributed by atoms with E-state index in [-0.39, 0.29) is 12.3 Å². The zero-order valence-corrected chi connectivity index (χ0v) is 13.3. The minimum absolute atomic E-state index is 0.104. The zero-order chi connectivity index (χ0) is 16.0. The Balaban J connectivity index is 1.83. The molecule has 7 nitrogen and oxygen atoms in total. The van der Waals surface area contributed by atoms with Crippen molar-refractivity contribution in [1.29, 1.82) is 0 Å². The molecule has 122 valence electrons. The number of rotatable bonds is 7. The second-order valence-corrected chi connectivity index (χ2v) is 5.15. The number of ether oxygens (including phenoxy) is 2. The smallest absolute Gasteiger partial charge is 0.245 e. The van der Waals surface area contributed by atoms with Gasteiger partial charge in [0.1, 0.15) is 5.76 Å². The number of amides is 1. The molecule has 22 heavy (non-hydrogen) atoms. The first-order valence-electron chi connectivity index (χ1n) is 7.51. The predicted octanol–water partition coefficient (Wildman–Crippen LogP) is 1.73. The van der Waals surface area contributed by atoms with E-state index in [2.05, 4.69) is 29.3 Å². The molecule has 1 N–H and O–H groups in total. The summed E-state index contributed by atoms with van der Waals surface area (Å²) in [4.78, 5) is 13.9. The monoisotopic (exact) mass is 309 g/mol. The maximum absolute atomic E-state index is 11.8. The van der Waals surface area contributed by atoms with Gasteiger partial charge in [0.2, 0.25) is 5.91 Å². The molecule has 1 aromatic heterocycles. The van der Waals surface area contributed by atoms with E-state index in [9.17, 15) is 4.79 Å². The van der Waals surface area contributed by atoms with Crippen molar-refractivity contribution in [2.24, 2.45) is 5.10 Å². The molecule has 0 radical (unpaired) electrons. The van der Waals surface area contributed by atoms with Crippen LogP contribution in [0.5, 0.6) is 0 Å². The Kier molecular flexibility index (Phi) is 5.57. The fraction of sp³-hybridized carbons (Fsp3) is 0.600. The number of hydrogen-bond acceptors (Lipinski definition) is 6. The topological polar surface area (TPSA) is 76.3 Å². The van der Waals surface area contributed by atoms with E-state index in [1.807, 2.05) is 12.1 Å². The lowest BCUT2D eigenvalue weighted by atomic mass is 10.2. The van der Waals surface area contributed by atoms with Gasteiger partial charge in [-0.25, -0.2) is 5.43 Å². The van der Waals surface area contributed by atoms with Gasteiger partial charge in [-0.15, -0.1) is 0 Å². The van der Waals surface area contributed by atoms with Crippen LogP contribution in [0.2, 0.25) is 0 Å². The van der Waals surface area contributed by atoms with E-state index in [1.165, 1.54) is 6.21 Å². The molecule has 0 bridgehead atoms. The highest BCUT2D eigenvalue weighted by Crippen LogP contribution is 2.22. The van der Waals surface area contributed by atoms with Crippen molar-refractivity contribution in [1.82, 2.24) is 5.43 Å². The number of anilines is 1. The highest BCUT2D eigenvalue weighted by molar-refractivity contribution is 5.81. The third-order valence-electron chi connectivity index (χ3n) is 3.45. The summed E-state index contributed by atoms with van der Waals surface area (Å²) in [5.74, 6) is 0.260. The molecule has 1 saturated heterocycles. The van der Waals surface area contributed by atoms with E-state index in [0.29, 0.717) is 19.0 Å². The van der Waals surface area contributed by atoms with Crippen LogP contribution in [0, 0.1) is 0 Å².